The van der Waals surface area contributed by atoms with Crippen LogP contribution < -0.4 is 9.47 Å². The number of aryl methyl sites for hydroxylation is 3. The molecule has 0 saturated carbocycles. The van der Waals surface area contributed by atoms with Gasteiger partial charge < -0.3 is 14.0 Å². The lowest BCUT2D eigenvalue weighted by atomic mass is 10.2. The predicted molar refractivity (Wildman–Crippen MR) is 126 cm³/mol. The molecule has 0 aliphatic heterocycles. The Morgan fingerprint density at radius 2 is 1.68 bits per heavy atom. The van der Waals surface area contributed by atoms with Gasteiger partial charge in [0.25, 0.3) is 0 Å². The molecule has 3 aromatic carbocycles. The van der Waals surface area contributed by atoms with Crippen molar-refractivity contribution in [2.24, 2.45) is 0 Å². The van der Waals surface area contributed by atoms with Crippen molar-refractivity contribution in [1.82, 2.24) is 9.55 Å². The zero-order chi connectivity index (χ0) is 21.6. The Hall–Kier alpha value is -3.27. The van der Waals surface area contributed by atoms with Crippen molar-refractivity contribution in [2.75, 3.05) is 6.61 Å². The van der Waals surface area contributed by atoms with Crippen molar-refractivity contribution in [2.45, 2.75) is 46.3 Å². The lowest BCUT2D eigenvalue weighted by Gasteiger charge is -2.19. The van der Waals surface area contributed by atoms with Crippen LogP contribution in [0.4, 0.5) is 0 Å². The highest BCUT2D eigenvalue weighted by Gasteiger charge is 2.20. The summed E-state index contributed by atoms with van der Waals surface area (Å²) in [6.45, 7) is 7.79. The number of fused-ring (bicyclic) bond motifs is 1. The number of hydrogen-bond donors (Lipinski definition) is 0. The van der Waals surface area contributed by atoms with Gasteiger partial charge in [0.15, 0.2) is 11.9 Å². The van der Waals surface area contributed by atoms with Gasteiger partial charge in [-0.25, -0.2) is 4.98 Å². The minimum atomic E-state index is -0.104. The van der Waals surface area contributed by atoms with Crippen molar-refractivity contribution in [3.05, 3.63) is 89.7 Å². The van der Waals surface area contributed by atoms with E-state index in [0.717, 1.165) is 47.7 Å². The molecule has 0 amide bonds. The van der Waals surface area contributed by atoms with Crippen LogP contribution in [-0.2, 0) is 6.54 Å². The van der Waals surface area contributed by atoms with Crippen molar-refractivity contribution in [3.8, 4) is 11.5 Å². The zero-order valence-corrected chi connectivity index (χ0v) is 18.5. The first kappa shape index (κ1) is 21.0. The van der Waals surface area contributed by atoms with Gasteiger partial charge in [0.05, 0.1) is 17.6 Å². The Kier molecular flexibility index (Phi) is 6.56. The number of imidazole rings is 1. The smallest absolute Gasteiger partial charge is 0.156 e. The molecule has 4 heteroatoms. The Morgan fingerprint density at radius 3 is 2.45 bits per heavy atom. The van der Waals surface area contributed by atoms with Gasteiger partial charge in [-0.1, -0.05) is 48.9 Å². The molecule has 1 unspecified atom stereocenters. The van der Waals surface area contributed by atoms with Gasteiger partial charge >= 0.3 is 0 Å². The van der Waals surface area contributed by atoms with Crippen LogP contribution in [0.25, 0.3) is 11.0 Å². The molecule has 160 valence electrons. The van der Waals surface area contributed by atoms with Crippen LogP contribution in [0, 0.1) is 13.8 Å². The molecule has 0 saturated heterocycles. The van der Waals surface area contributed by atoms with Crippen LogP contribution in [0.1, 0.15) is 42.8 Å². The van der Waals surface area contributed by atoms with Crippen molar-refractivity contribution in [3.63, 3.8) is 0 Å². The number of ether oxygens (including phenoxy) is 2. The molecule has 0 radical (unpaired) electrons. The van der Waals surface area contributed by atoms with E-state index < -0.39 is 0 Å². The normalized spacial score (nSPS) is 12.1. The van der Waals surface area contributed by atoms with Crippen LogP contribution in [0.15, 0.2) is 72.8 Å². The highest BCUT2D eigenvalue weighted by Crippen LogP contribution is 2.28. The number of para-hydroxylation sites is 2. The number of benzene rings is 3. The van der Waals surface area contributed by atoms with Crippen LogP contribution >= 0.6 is 0 Å². The second-order valence-corrected chi connectivity index (χ2v) is 7.96. The first-order chi connectivity index (χ1) is 15.1. The quantitative estimate of drug-likeness (QED) is 0.288. The van der Waals surface area contributed by atoms with Crippen LogP contribution in [0.3, 0.4) is 0 Å². The van der Waals surface area contributed by atoms with Gasteiger partial charge in [0, 0.05) is 6.54 Å². The van der Waals surface area contributed by atoms with E-state index >= 15 is 0 Å². The number of rotatable bonds is 9. The second kappa shape index (κ2) is 9.69. The second-order valence-electron chi connectivity index (χ2n) is 7.96. The van der Waals surface area contributed by atoms with E-state index in [0.29, 0.717) is 6.61 Å². The molecule has 4 nitrogen and oxygen atoms in total. The van der Waals surface area contributed by atoms with Crippen molar-refractivity contribution >= 4 is 11.0 Å². The van der Waals surface area contributed by atoms with Crippen LogP contribution in [-0.4, -0.2) is 16.2 Å². The van der Waals surface area contributed by atoms with Crippen molar-refractivity contribution < 1.29 is 9.47 Å². The third-order valence-corrected chi connectivity index (χ3v) is 5.43. The van der Waals surface area contributed by atoms with E-state index in [4.69, 9.17) is 14.5 Å². The molecule has 0 fully saturated rings. The average molecular weight is 415 g/mol. The number of nitrogens with zero attached hydrogens (tertiary/aromatic N) is 2. The van der Waals surface area contributed by atoms with Crippen LogP contribution in [0.2, 0.25) is 0 Å². The van der Waals surface area contributed by atoms with Crippen molar-refractivity contribution in [1.29, 1.82) is 0 Å². The zero-order valence-electron chi connectivity index (χ0n) is 18.5. The summed E-state index contributed by atoms with van der Waals surface area (Å²) in [5, 5.41) is 0. The van der Waals surface area contributed by atoms with Crippen LogP contribution in [0.5, 0.6) is 11.5 Å². The average Bonchev–Trinajstić information content (AvgIpc) is 3.15. The summed E-state index contributed by atoms with van der Waals surface area (Å²) in [6, 6.07) is 24.7. The molecule has 4 aromatic rings. The standard InChI is InChI=1S/C27H30N2O2/c1-4-26(31-23-10-7-9-21(3)19-23)27-28-24-11-5-6-12-25(24)29(27)17-8-18-30-22-15-13-20(2)14-16-22/h5-7,9-16,19,26H,4,8,17-18H2,1-3H3. The summed E-state index contributed by atoms with van der Waals surface area (Å²) in [4.78, 5) is 4.95. The summed E-state index contributed by atoms with van der Waals surface area (Å²) in [5.74, 6) is 2.77. The fraction of sp³-hybridized carbons (Fsp3) is 0.296. The van der Waals surface area contributed by atoms with E-state index in [1.54, 1.807) is 0 Å². The number of hydrogen-bond acceptors (Lipinski definition) is 3. The topological polar surface area (TPSA) is 36.3 Å². The largest absolute Gasteiger partial charge is 0.494 e. The summed E-state index contributed by atoms with van der Waals surface area (Å²) in [7, 11) is 0. The molecule has 0 bridgehead atoms. The molecule has 1 aromatic heterocycles. The van der Waals surface area contributed by atoms with E-state index in [1.165, 1.54) is 11.1 Å². The summed E-state index contributed by atoms with van der Waals surface area (Å²) in [5.41, 5.74) is 4.57. The molecule has 0 aliphatic carbocycles. The molecule has 1 heterocycles. The maximum Gasteiger partial charge on any atom is 0.156 e. The van der Waals surface area contributed by atoms with Gasteiger partial charge in [0.2, 0.25) is 0 Å². The molecular formula is C27H30N2O2. The predicted octanol–water partition coefficient (Wildman–Crippen LogP) is 6.65. The Balaban J connectivity index is 1.52. The lowest BCUT2D eigenvalue weighted by molar-refractivity contribution is 0.185. The highest BCUT2D eigenvalue weighted by atomic mass is 16.5. The van der Waals surface area contributed by atoms with Gasteiger partial charge in [-0.15, -0.1) is 0 Å². The minimum absolute atomic E-state index is 0.104. The first-order valence-corrected chi connectivity index (χ1v) is 11.0. The monoisotopic (exact) mass is 414 g/mol. The molecule has 4 rings (SSSR count). The summed E-state index contributed by atoms with van der Waals surface area (Å²) in [6.07, 6.45) is 1.63. The fourth-order valence-corrected chi connectivity index (χ4v) is 3.79. The van der Waals surface area contributed by atoms with E-state index in [2.05, 4.69) is 67.8 Å². The van der Waals surface area contributed by atoms with E-state index in [-0.39, 0.29) is 6.10 Å². The van der Waals surface area contributed by atoms with Gasteiger partial charge in [-0.05, 0) is 68.7 Å². The Morgan fingerprint density at radius 1 is 0.871 bits per heavy atom. The van der Waals surface area contributed by atoms with E-state index in [9.17, 15) is 0 Å². The maximum absolute atomic E-state index is 6.37. The van der Waals surface area contributed by atoms with Gasteiger partial charge in [-0.3, -0.25) is 0 Å². The molecular weight excluding hydrogens is 384 g/mol. The van der Waals surface area contributed by atoms with E-state index in [1.807, 2.05) is 30.3 Å². The van der Waals surface area contributed by atoms with Gasteiger partial charge in [-0.2, -0.15) is 0 Å². The third-order valence-electron chi connectivity index (χ3n) is 5.43. The Labute approximate surface area is 184 Å². The molecule has 0 N–H and O–H groups in total. The molecule has 31 heavy (non-hydrogen) atoms. The number of aromatic nitrogens is 2. The SMILES string of the molecule is CCC(Oc1cccc(C)c1)c1nc2ccccc2n1CCCOc1ccc(C)cc1. The van der Waals surface area contributed by atoms with Gasteiger partial charge in [0.1, 0.15) is 11.5 Å². The summed E-state index contributed by atoms with van der Waals surface area (Å²) >= 11 is 0. The molecule has 1 atom stereocenters. The first-order valence-electron chi connectivity index (χ1n) is 11.0. The lowest BCUT2D eigenvalue weighted by Crippen LogP contribution is -2.15. The summed E-state index contributed by atoms with van der Waals surface area (Å²) < 4.78 is 14.6. The molecule has 0 spiro atoms. The Bertz CT molecular complexity index is 1130. The fourth-order valence-electron chi connectivity index (χ4n) is 3.79. The minimum Gasteiger partial charge on any atom is -0.494 e. The highest BCUT2D eigenvalue weighted by molar-refractivity contribution is 5.76. The third kappa shape index (κ3) is 5.08. The maximum atomic E-state index is 6.37. The molecule has 0 aliphatic rings.